The molecule has 0 aliphatic heterocycles. The summed E-state index contributed by atoms with van der Waals surface area (Å²) in [6.45, 7) is 0. The minimum atomic E-state index is -4.92. The molecular weight excluding hydrogens is 305 g/mol. The van der Waals surface area contributed by atoms with E-state index in [0.29, 0.717) is 0 Å². The van der Waals surface area contributed by atoms with E-state index in [1.54, 1.807) is 6.07 Å². The Kier molecular flexibility index (Phi) is 4.17. The first-order valence-electron chi connectivity index (χ1n) is 4.31. The van der Waals surface area contributed by atoms with Gasteiger partial charge >= 0.3 is 6.36 Å². The van der Waals surface area contributed by atoms with Gasteiger partial charge in [0.05, 0.1) is 12.5 Å². The maximum atomic E-state index is 12.0. The van der Waals surface area contributed by atoms with Crippen molar-refractivity contribution in [2.45, 2.75) is 18.1 Å². The van der Waals surface area contributed by atoms with Crippen molar-refractivity contribution in [1.29, 1.82) is 5.26 Å². The number of hydrogen-bond donors (Lipinski definition) is 1. The zero-order chi connectivity index (χ0) is 13.1. The maximum absolute atomic E-state index is 12.0. The summed E-state index contributed by atoms with van der Waals surface area (Å²) in [6, 6.07) is 1.80. The van der Waals surface area contributed by atoms with Gasteiger partial charge in [-0.2, -0.15) is 5.26 Å². The summed E-state index contributed by atoms with van der Waals surface area (Å²) >= 11 is 2.98. The zero-order valence-electron chi connectivity index (χ0n) is 8.27. The third-order valence-electron chi connectivity index (χ3n) is 1.85. The van der Waals surface area contributed by atoms with Gasteiger partial charge in [-0.15, -0.1) is 13.2 Å². The minimum Gasteiger partial charge on any atom is -0.400 e. The van der Waals surface area contributed by atoms with Crippen LogP contribution in [0, 0.1) is 11.3 Å². The Morgan fingerprint density at radius 2 is 2.18 bits per heavy atom. The smallest absolute Gasteiger partial charge is 0.400 e. The van der Waals surface area contributed by atoms with E-state index in [4.69, 9.17) is 5.26 Å². The number of alkyl halides is 4. The van der Waals surface area contributed by atoms with Crippen LogP contribution < -0.4 is 10.2 Å². The number of aromatic amines is 1. The molecule has 1 N–H and O–H groups in total. The largest absolute Gasteiger partial charge is 0.573 e. The predicted octanol–water partition coefficient (Wildman–Crippen LogP) is 2.23. The maximum Gasteiger partial charge on any atom is 0.573 e. The summed E-state index contributed by atoms with van der Waals surface area (Å²) in [4.78, 5) is 14.0. The Balaban J connectivity index is 3.22. The molecule has 0 aromatic carbocycles. The molecule has 0 saturated carbocycles. The number of nitriles is 1. The number of halogens is 4. The average Bonchev–Trinajstić information content (AvgIpc) is 2.21. The highest BCUT2D eigenvalue weighted by Crippen LogP contribution is 2.20. The van der Waals surface area contributed by atoms with E-state index in [2.05, 4.69) is 25.7 Å². The van der Waals surface area contributed by atoms with Crippen LogP contribution in [0.1, 0.15) is 11.3 Å². The molecule has 1 heterocycles. The number of ether oxygens (including phenoxy) is 1. The molecule has 0 spiro atoms. The van der Waals surface area contributed by atoms with Crippen LogP contribution >= 0.6 is 15.9 Å². The highest BCUT2D eigenvalue weighted by molar-refractivity contribution is 9.08. The Hall–Kier alpha value is -1.49. The molecule has 0 fully saturated rings. The van der Waals surface area contributed by atoms with Crippen LogP contribution in [-0.4, -0.2) is 11.3 Å². The molecule has 0 saturated heterocycles. The summed E-state index contributed by atoms with van der Waals surface area (Å²) in [6.07, 6.45) is -4.22. The molecule has 8 heteroatoms. The quantitative estimate of drug-likeness (QED) is 0.871. The van der Waals surface area contributed by atoms with E-state index >= 15 is 0 Å². The molecule has 0 atom stereocenters. The Morgan fingerprint density at radius 1 is 1.53 bits per heavy atom. The topological polar surface area (TPSA) is 65.9 Å². The molecule has 1 rings (SSSR count). The molecule has 4 nitrogen and oxygen atoms in total. The highest BCUT2D eigenvalue weighted by Gasteiger charge is 2.32. The molecule has 0 aliphatic rings. The van der Waals surface area contributed by atoms with Crippen molar-refractivity contribution < 1.29 is 17.9 Å². The van der Waals surface area contributed by atoms with Crippen molar-refractivity contribution in [2.24, 2.45) is 0 Å². The van der Waals surface area contributed by atoms with Crippen molar-refractivity contribution in [3.05, 3.63) is 27.7 Å². The minimum absolute atomic E-state index is 0.0361. The number of hydrogen-bond acceptors (Lipinski definition) is 3. The van der Waals surface area contributed by atoms with Crippen LogP contribution in [0.15, 0.2) is 11.0 Å². The number of nitrogens with zero attached hydrogens (tertiary/aromatic N) is 1. The first kappa shape index (κ1) is 13.6. The van der Waals surface area contributed by atoms with Gasteiger partial charge in [0.15, 0.2) is 5.75 Å². The molecule has 1 aromatic rings. The summed E-state index contributed by atoms with van der Waals surface area (Å²) in [5, 5.41) is 8.52. The monoisotopic (exact) mass is 310 g/mol. The second-order valence-electron chi connectivity index (χ2n) is 2.96. The molecule has 0 bridgehead atoms. The van der Waals surface area contributed by atoms with E-state index in [1.807, 2.05) is 0 Å². The van der Waals surface area contributed by atoms with Gasteiger partial charge in [0.2, 0.25) is 5.43 Å². The second kappa shape index (κ2) is 5.23. The van der Waals surface area contributed by atoms with Crippen molar-refractivity contribution in [2.75, 3.05) is 0 Å². The second-order valence-corrected chi connectivity index (χ2v) is 3.52. The SMILES string of the molecule is N#CCc1[nH]cc(OC(F)(F)F)c(=O)c1CBr. The molecular formula is C9H6BrF3N2O2. The van der Waals surface area contributed by atoms with Gasteiger partial charge in [0, 0.05) is 22.8 Å². The predicted molar refractivity (Wildman–Crippen MR) is 55.7 cm³/mol. The Labute approximate surface area is 102 Å². The lowest BCUT2D eigenvalue weighted by Crippen LogP contribution is -2.24. The normalized spacial score (nSPS) is 11.0. The number of rotatable bonds is 3. The van der Waals surface area contributed by atoms with Gasteiger partial charge in [-0.3, -0.25) is 4.79 Å². The molecule has 0 radical (unpaired) electrons. The van der Waals surface area contributed by atoms with Gasteiger partial charge in [0.1, 0.15) is 0 Å². The molecule has 0 aliphatic carbocycles. The summed E-state index contributed by atoms with van der Waals surface area (Å²) in [7, 11) is 0. The number of nitrogens with one attached hydrogen (secondary N) is 1. The summed E-state index contributed by atoms with van der Waals surface area (Å²) in [5.41, 5.74) is -0.569. The van der Waals surface area contributed by atoms with E-state index in [-0.39, 0.29) is 23.0 Å². The van der Waals surface area contributed by atoms with E-state index in [0.717, 1.165) is 6.20 Å². The lowest BCUT2D eigenvalue weighted by molar-refractivity contribution is -0.275. The van der Waals surface area contributed by atoms with Crippen LogP contribution in [0.5, 0.6) is 5.75 Å². The fraction of sp³-hybridized carbons (Fsp3) is 0.333. The Morgan fingerprint density at radius 3 is 2.65 bits per heavy atom. The standard InChI is InChI=1S/C9H6BrF3N2O2/c10-3-5-6(1-2-14)15-4-7(8(5)16)17-9(11,12)13/h4H,1,3H2,(H,15,16). The lowest BCUT2D eigenvalue weighted by Gasteiger charge is -2.10. The van der Waals surface area contributed by atoms with Gasteiger partial charge in [-0.25, -0.2) is 0 Å². The van der Waals surface area contributed by atoms with Gasteiger partial charge in [-0.05, 0) is 0 Å². The first-order valence-corrected chi connectivity index (χ1v) is 5.43. The van der Waals surface area contributed by atoms with Crippen LogP contribution in [0.4, 0.5) is 13.2 Å². The average molecular weight is 311 g/mol. The van der Waals surface area contributed by atoms with Gasteiger partial charge in [-0.1, -0.05) is 15.9 Å². The number of H-pyrrole nitrogens is 1. The van der Waals surface area contributed by atoms with Gasteiger partial charge < -0.3 is 9.72 Å². The first-order chi connectivity index (χ1) is 7.89. The Bertz CT molecular complexity index is 504. The summed E-state index contributed by atoms with van der Waals surface area (Å²) < 4.78 is 39.5. The number of pyridine rings is 1. The highest BCUT2D eigenvalue weighted by atomic mass is 79.9. The third kappa shape index (κ3) is 3.49. The van der Waals surface area contributed by atoms with Crippen molar-refractivity contribution in [1.82, 2.24) is 4.98 Å². The molecule has 0 unspecified atom stereocenters. The van der Waals surface area contributed by atoms with E-state index in [9.17, 15) is 18.0 Å². The number of aromatic nitrogens is 1. The molecule has 1 aromatic heterocycles. The van der Waals surface area contributed by atoms with Crippen LogP contribution in [0.2, 0.25) is 0 Å². The molecule has 92 valence electrons. The summed E-state index contributed by atoms with van der Waals surface area (Å²) in [5.74, 6) is -0.839. The fourth-order valence-corrected chi connectivity index (χ4v) is 1.76. The lowest BCUT2D eigenvalue weighted by atomic mass is 10.1. The molecule has 0 amide bonds. The van der Waals surface area contributed by atoms with E-state index in [1.165, 1.54) is 0 Å². The van der Waals surface area contributed by atoms with Crippen molar-refractivity contribution in [3.63, 3.8) is 0 Å². The van der Waals surface area contributed by atoms with Crippen LogP contribution in [-0.2, 0) is 11.8 Å². The van der Waals surface area contributed by atoms with Crippen LogP contribution in [0.25, 0.3) is 0 Å². The van der Waals surface area contributed by atoms with Crippen LogP contribution in [0.3, 0.4) is 0 Å². The third-order valence-corrected chi connectivity index (χ3v) is 2.42. The fourth-order valence-electron chi connectivity index (χ4n) is 1.17. The molecule has 17 heavy (non-hydrogen) atoms. The van der Waals surface area contributed by atoms with Crippen molar-refractivity contribution >= 4 is 15.9 Å². The van der Waals surface area contributed by atoms with Crippen molar-refractivity contribution in [3.8, 4) is 11.8 Å². The van der Waals surface area contributed by atoms with Gasteiger partial charge in [0.25, 0.3) is 0 Å². The zero-order valence-corrected chi connectivity index (χ0v) is 9.85. The van der Waals surface area contributed by atoms with E-state index < -0.39 is 17.5 Å².